The Morgan fingerprint density at radius 1 is 1.44 bits per heavy atom. The van der Waals surface area contributed by atoms with Crippen LogP contribution in [0.1, 0.15) is 6.42 Å². The number of aliphatic carboxylic acids is 1. The van der Waals surface area contributed by atoms with E-state index in [0.717, 1.165) is 6.42 Å². The normalized spacial score (nSPS) is 53.4. The highest BCUT2D eigenvalue weighted by Gasteiger charge is 2.63. The van der Waals surface area contributed by atoms with E-state index in [0.29, 0.717) is 0 Å². The van der Waals surface area contributed by atoms with Crippen molar-refractivity contribution < 1.29 is 15.0 Å². The largest absolute Gasteiger partial charge is 0.481 e. The Morgan fingerprint density at radius 2 is 2.00 bits per heavy atom. The molecule has 0 saturated heterocycles. The summed E-state index contributed by atoms with van der Waals surface area (Å²) in [5.41, 5.74) is 0. The lowest BCUT2D eigenvalue weighted by molar-refractivity contribution is -0.223. The molecule has 9 heavy (non-hydrogen) atoms. The van der Waals surface area contributed by atoms with Gasteiger partial charge in [0.15, 0.2) is 0 Å². The molecule has 3 fully saturated rings. The molecule has 3 nitrogen and oxygen atoms in total. The van der Waals surface area contributed by atoms with Crippen LogP contribution in [0, 0.1) is 17.8 Å². The van der Waals surface area contributed by atoms with Gasteiger partial charge >= 0.3 is 5.97 Å². The van der Waals surface area contributed by atoms with Crippen LogP contribution in [-0.4, -0.2) is 22.3 Å². The monoisotopic (exact) mass is 128 g/mol. The molecule has 2 bridgehead atoms. The number of carboxylic acid groups (broad SMARTS) is 1. The number of carbonyl (C=O) groups is 1. The maximum absolute atomic E-state index is 10.3. The van der Waals surface area contributed by atoms with Crippen LogP contribution in [0.2, 0.25) is 0 Å². The minimum absolute atomic E-state index is 0.0903. The molecule has 0 aliphatic heterocycles. The Labute approximate surface area is 52.3 Å². The number of hydrogen-bond donors (Lipinski definition) is 2. The van der Waals surface area contributed by atoms with Gasteiger partial charge in [-0.25, -0.2) is 0 Å². The van der Waals surface area contributed by atoms with E-state index in [1.54, 1.807) is 0 Å². The topological polar surface area (TPSA) is 57.5 Å². The minimum Gasteiger partial charge on any atom is -0.481 e. The van der Waals surface area contributed by atoms with Crippen molar-refractivity contribution in [1.29, 1.82) is 0 Å². The van der Waals surface area contributed by atoms with Crippen LogP contribution in [0.5, 0.6) is 0 Å². The number of aliphatic hydroxyl groups excluding tert-OH is 1. The molecule has 3 aliphatic rings. The highest BCUT2D eigenvalue weighted by atomic mass is 16.4. The van der Waals surface area contributed by atoms with Gasteiger partial charge in [-0.3, -0.25) is 4.79 Å². The van der Waals surface area contributed by atoms with E-state index in [9.17, 15) is 4.79 Å². The molecule has 0 amide bonds. The van der Waals surface area contributed by atoms with Gasteiger partial charge in [0.25, 0.3) is 0 Å². The first kappa shape index (κ1) is 5.23. The molecule has 3 rings (SSSR count). The third-order valence-corrected chi connectivity index (χ3v) is 2.63. The van der Waals surface area contributed by atoms with Crippen molar-refractivity contribution in [3.63, 3.8) is 0 Å². The fourth-order valence-corrected chi connectivity index (χ4v) is 1.78. The molecule has 3 saturated carbocycles. The summed E-state index contributed by atoms with van der Waals surface area (Å²) >= 11 is 0. The average molecular weight is 128 g/mol. The van der Waals surface area contributed by atoms with Crippen molar-refractivity contribution >= 4 is 5.97 Å². The zero-order valence-corrected chi connectivity index (χ0v) is 4.82. The van der Waals surface area contributed by atoms with Crippen molar-refractivity contribution in [2.45, 2.75) is 12.5 Å². The third-order valence-electron chi connectivity index (χ3n) is 2.63. The zero-order chi connectivity index (χ0) is 6.59. The lowest BCUT2D eigenvalue weighted by Crippen LogP contribution is -2.66. The Balaban J connectivity index is 2.03. The van der Waals surface area contributed by atoms with Crippen molar-refractivity contribution in [2.24, 2.45) is 17.8 Å². The Hall–Kier alpha value is -0.570. The van der Waals surface area contributed by atoms with E-state index in [1.807, 2.05) is 0 Å². The van der Waals surface area contributed by atoms with E-state index in [2.05, 4.69) is 0 Å². The molecule has 2 unspecified atom stereocenters. The van der Waals surface area contributed by atoms with Crippen molar-refractivity contribution in [3.8, 4) is 0 Å². The van der Waals surface area contributed by atoms with Gasteiger partial charge in [0, 0.05) is 0 Å². The Morgan fingerprint density at radius 3 is 2.11 bits per heavy atom. The van der Waals surface area contributed by atoms with Crippen LogP contribution < -0.4 is 0 Å². The molecule has 50 valence electrons. The van der Waals surface area contributed by atoms with Crippen LogP contribution >= 0.6 is 0 Å². The summed E-state index contributed by atoms with van der Waals surface area (Å²) in [6, 6.07) is 0. The molecule has 0 aromatic carbocycles. The Kier molecular flexibility index (Phi) is 0.750. The van der Waals surface area contributed by atoms with Gasteiger partial charge in [0.1, 0.15) is 0 Å². The van der Waals surface area contributed by atoms with E-state index in [-0.39, 0.29) is 23.9 Å². The summed E-state index contributed by atoms with van der Waals surface area (Å²) in [7, 11) is 0. The molecular weight excluding hydrogens is 120 g/mol. The van der Waals surface area contributed by atoms with Gasteiger partial charge in [-0.15, -0.1) is 0 Å². The van der Waals surface area contributed by atoms with Gasteiger partial charge in [0.05, 0.1) is 12.0 Å². The van der Waals surface area contributed by atoms with Gasteiger partial charge in [-0.2, -0.15) is 0 Å². The van der Waals surface area contributed by atoms with Gasteiger partial charge in [0.2, 0.25) is 0 Å². The summed E-state index contributed by atoms with van der Waals surface area (Å²) in [5.74, 6) is -0.762. The van der Waals surface area contributed by atoms with Crippen molar-refractivity contribution in [1.82, 2.24) is 0 Å². The number of rotatable bonds is 1. The number of hydrogen-bond acceptors (Lipinski definition) is 2. The van der Waals surface area contributed by atoms with E-state index in [4.69, 9.17) is 10.2 Å². The van der Waals surface area contributed by atoms with Gasteiger partial charge in [-0.1, -0.05) is 0 Å². The molecule has 2 atom stereocenters. The van der Waals surface area contributed by atoms with Crippen molar-refractivity contribution in [2.75, 3.05) is 0 Å². The summed E-state index contributed by atoms with van der Waals surface area (Å²) in [4.78, 5) is 10.3. The van der Waals surface area contributed by atoms with Crippen LogP contribution in [-0.2, 0) is 4.79 Å². The smallest absolute Gasteiger partial charge is 0.307 e. The van der Waals surface area contributed by atoms with Gasteiger partial charge in [-0.05, 0) is 18.3 Å². The quantitative estimate of drug-likeness (QED) is 0.509. The summed E-state index contributed by atoms with van der Waals surface area (Å²) in [6.45, 7) is 0. The lowest BCUT2D eigenvalue weighted by Gasteiger charge is -2.59. The Bertz CT molecular complexity index is 156. The first-order valence-corrected chi connectivity index (χ1v) is 3.12. The second kappa shape index (κ2) is 1.29. The third kappa shape index (κ3) is 0.399. The lowest BCUT2D eigenvalue weighted by atomic mass is 9.46. The molecule has 2 N–H and O–H groups in total. The maximum atomic E-state index is 10.3. The molecule has 0 heterocycles. The molecule has 0 aromatic heterocycles. The van der Waals surface area contributed by atoms with Crippen molar-refractivity contribution in [3.05, 3.63) is 0 Å². The highest BCUT2D eigenvalue weighted by Crippen LogP contribution is 2.58. The SMILES string of the molecule is O=C(O)C1C2CC1C2O. The predicted molar refractivity (Wildman–Crippen MR) is 28.7 cm³/mol. The molecule has 0 radical (unpaired) electrons. The predicted octanol–water partition coefficient (Wildman–Crippen LogP) is -0.302. The van der Waals surface area contributed by atoms with Gasteiger partial charge < -0.3 is 10.2 Å². The average Bonchev–Trinajstić information content (AvgIpc) is 1.58. The van der Waals surface area contributed by atoms with Crippen LogP contribution in [0.15, 0.2) is 0 Å². The van der Waals surface area contributed by atoms with E-state index >= 15 is 0 Å². The van der Waals surface area contributed by atoms with Crippen LogP contribution in [0.3, 0.4) is 0 Å². The van der Waals surface area contributed by atoms with E-state index < -0.39 is 5.97 Å². The second-order valence-electron chi connectivity index (χ2n) is 2.92. The molecule has 0 spiro atoms. The summed E-state index contributed by atoms with van der Waals surface area (Å²) < 4.78 is 0. The van der Waals surface area contributed by atoms with Crippen LogP contribution in [0.25, 0.3) is 0 Å². The standard InChI is InChI=1S/C6H8O3/c7-5-2-1-3(5)4(2)6(8)9/h2-5,7H,1H2,(H,8,9). The second-order valence-corrected chi connectivity index (χ2v) is 2.92. The van der Waals surface area contributed by atoms with E-state index in [1.165, 1.54) is 0 Å². The molecular formula is C6H8O3. The fourth-order valence-electron chi connectivity index (χ4n) is 1.78. The molecule has 3 aliphatic carbocycles. The molecule has 0 aromatic rings. The zero-order valence-electron chi connectivity index (χ0n) is 4.82. The van der Waals surface area contributed by atoms with Crippen LogP contribution in [0.4, 0.5) is 0 Å². The summed E-state index contributed by atoms with van der Waals surface area (Å²) in [6.07, 6.45) is 0.643. The number of aliphatic hydroxyl groups is 1. The minimum atomic E-state index is -0.735. The number of carboxylic acids is 1. The summed E-state index contributed by atoms with van der Waals surface area (Å²) in [5, 5.41) is 17.4. The fraction of sp³-hybridized carbons (Fsp3) is 0.833. The first-order chi connectivity index (χ1) is 4.22. The highest BCUT2D eigenvalue weighted by molar-refractivity contribution is 5.74. The maximum Gasteiger partial charge on any atom is 0.307 e. The molecule has 3 heteroatoms. The first-order valence-electron chi connectivity index (χ1n) is 3.12.